The number of aliphatic carboxylic acids is 1. The molecule has 0 bridgehead atoms. The van der Waals surface area contributed by atoms with Crippen LogP contribution in [0.15, 0.2) is 24.3 Å². The Kier molecular flexibility index (Phi) is 7.50. The molecular weight excluding hydrogens is 220 g/mol. The molecule has 0 rings (SSSR count). The minimum Gasteiger partial charge on any atom is -0.478 e. The van der Waals surface area contributed by atoms with E-state index in [1.54, 1.807) is 19.9 Å². The van der Waals surface area contributed by atoms with Crippen LogP contribution in [0.4, 0.5) is 0 Å². The van der Waals surface area contributed by atoms with Crippen LogP contribution in [0.2, 0.25) is 0 Å². The third-order valence-electron chi connectivity index (χ3n) is 1.95. The molecule has 4 nitrogen and oxygen atoms in total. The van der Waals surface area contributed by atoms with E-state index in [1.165, 1.54) is 6.08 Å². The van der Waals surface area contributed by atoms with Crippen molar-refractivity contribution in [2.75, 3.05) is 0 Å². The predicted octanol–water partition coefficient (Wildman–Crippen LogP) is 2.49. The fourth-order valence-electron chi connectivity index (χ4n) is 1.40. The molecule has 2 N–H and O–H groups in total. The number of hydrogen-bond donors (Lipinski definition) is 2. The zero-order chi connectivity index (χ0) is 13.3. The first-order valence-corrected chi connectivity index (χ1v) is 5.81. The summed E-state index contributed by atoms with van der Waals surface area (Å²) in [5.41, 5.74) is 0. The highest BCUT2D eigenvalue weighted by Crippen LogP contribution is 2.15. The second kappa shape index (κ2) is 8.03. The Morgan fingerprint density at radius 2 is 2.06 bits per heavy atom. The zero-order valence-electron chi connectivity index (χ0n) is 10.7. The molecule has 0 aromatic carbocycles. The summed E-state index contributed by atoms with van der Waals surface area (Å²) in [6.07, 6.45) is 8.49. The highest BCUT2D eigenvalue weighted by molar-refractivity contribution is 5.80. The Morgan fingerprint density at radius 1 is 1.41 bits per heavy atom. The topological polar surface area (TPSA) is 66.8 Å². The van der Waals surface area contributed by atoms with E-state index < -0.39 is 11.8 Å². The molecule has 17 heavy (non-hydrogen) atoms. The average Bonchev–Trinajstić information content (AvgIpc) is 2.14. The molecule has 0 amide bonds. The van der Waals surface area contributed by atoms with Gasteiger partial charge in [0.1, 0.15) is 0 Å². The maximum atomic E-state index is 10.2. The van der Waals surface area contributed by atoms with Gasteiger partial charge in [-0.2, -0.15) is 0 Å². The van der Waals surface area contributed by atoms with Crippen LogP contribution in [0, 0.1) is 0 Å². The largest absolute Gasteiger partial charge is 0.478 e. The van der Waals surface area contributed by atoms with E-state index >= 15 is 0 Å². The molecule has 0 aromatic heterocycles. The number of carbonyl (C=O) groups is 1. The number of aliphatic hydroxyl groups is 1. The van der Waals surface area contributed by atoms with Crippen LogP contribution in [0.1, 0.15) is 40.0 Å². The van der Waals surface area contributed by atoms with E-state index in [0.29, 0.717) is 6.42 Å². The van der Waals surface area contributed by atoms with Gasteiger partial charge in [-0.3, -0.25) is 0 Å². The molecule has 1 atom stereocenters. The molecule has 0 aliphatic rings. The van der Waals surface area contributed by atoms with Gasteiger partial charge < -0.3 is 14.9 Å². The minimum absolute atomic E-state index is 0.0468. The second-order valence-corrected chi connectivity index (χ2v) is 4.34. The average molecular weight is 242 g/mol. The number of rotatable bonds is 8. The van der Waals surface area contributed by atoms with Crippen molar-refractivity contribution in [3.05, 3.63) is 24.3 Å². The molecule has 0 aromatic rings. The molecule has 4 heteroatoms. The first-order valence-electron chi connectivity index (χ1n) is 5.81. The van der Waals surface area contributed by atoms with Crippen molar-refractivity contribution >= 4 is 5.97 Å². The number of allylic oxidation sites excluding steroid dienone is 2. The van der Waals surface area contributed by atoms with Crippen LogP contribution in [-0.4, -0.2) is 28.1 Å². The third-order valence-corrected chi connectivity index (χ3v) is 1.95. The van der Waals surface area contributed by atoms with Crippen LogP contribution in [-0.2, 0) is 9.53 Å². The molecule has 0 aliphatic carbocycles. The Labute approximate surface area is 103 Å². The Hall–Kier alpha value is -1.13. The SMILES string of the molecule is CCCC(CC=CC=CC(=O)O)OC(C)(C)O. The summed E-state index contributed by atoms with van der Waals surface area (Å²) in [5.74, 6) is -2.10. The molecule has 0 saturated carbocycles. The molecule has 0 aliphatic heterocycles. The van der Waals surface area contributed by atoms with Crippen molar-refractivity contribution in [1.29, 1.82) is 0 Å². The summed E-state index contributed by atoms with van der Waals surface area (Å²) in [6, 6.07) is 0. The van der Waals surface area contributed by atoms with Gasteiger partial charge in [-0.1, -0.05) is 31.6 Å². The van der Waals surface area contributed by atoms with Gasteiger partial charge in [0.05, 0.1) is 6.10 Å². The second-order valence-electron chi connectivity index (χ2n) is 4.34. The van der Waals surface area contributed by atoms with Gasteiger partial charge in [0, 0.05) is 6.08 Å². The first-order chi connectivity index (χ1) is 7.85. The molecule has 0 spiro atoms. The Balaban J connectivity index is 4.13. The zero-order valence-corrected chi connectivity index (χ0v) is 10.7. The highest BCUT2D eigenvalue weighted by atomic mass is 16.6. The molecule has 1 unspecified atom stereocenters. The summed E-state index contributed by atoms with van der Waals surface area (Å²) in [4.78, 5) is 10.2. The molecule has 0 fully saturated rings. The highest BCUT2D eigenvalue weighted by Gasteiger charge is 2.18. The monoisotopic (exact) mass is 242 g/mol. The number of carboxylic acids is 1. The summed E-state index contributed by atoms with van der Waals surface area (Å²) in [5, 5.41) is 17.9. The van der Waals surface area contributed by atoms with E-state index in [2.05, 4.69) is 6.92 Å². The maximum absolute atomic E-state index is 10.2. The van der Waals surface area contributed by atoms with Crippen molar-refractivity contribution in [3.8, 4) is 0 Å². The number of ether oxygens (including phenoxy) is 1. The molecule has 0 radical (unpaired) electrons. The van der Waals surface area contributed by atoms with E-state index in [1.807, 2.05) is 6.08 Å². The molecular formula is C13H22O4. The van der Waals surface area contributed by atoms with Crippen LogP contribution in [0.25, 0.3) is 0 Å². The molecule has 0 saturated heterocycles. The lowest BCUT2D eigenvalue weighted by molar-refractivity contribution is -0.205. The van der Waals surface area contributed by atoms with Crippen LogP contribution < -0.4 is 0 Å². The normalized spacial score (nSPS) is 14.6. The standard InChI is InChI=1S/C13H22O4/c1-4-8-11(17-13(2,3)16)9-6-5-7-10-12(14)15/h5-7,10-11,16H,4,8-9H2,1-3H3,(H,14,15). The maximum Gasteiger partial charge on any atom is 0.328 e. The fourth-order valence-corrected chi connectivity index (χ4v) is 1.40. The molecule has 98 valence electrons. The van der Waals surface area contributed by atoms with E-state index in [0.717, 1.165) is 18.9 Å². The van der Waals surface area contributed by atoms with Crippen molar-refractivity contribution in [1.82, 2.24) is 0 Å². The lowest BCUT2D eigenvalue weighted by Gasteiger charge is -2.25. The predicted molar refractivity (Wildman–Crippen MR) is 66.6 cm³/mol. The van der Waals surface area contributed by atoms with Crippen LogP contribution in [0.3, 0.4) is 0 Å². The van der Waals surface area contributed by atoms with Gasteiger partial charge in [0.15, 0.2) is 5.79 Å². The Morgan fingerprint density at radius 3 is 2.53 bits per heavy atom. The quantitative estimate of drug-likeness (QED) is 0.390. The van der Waals surface area contributed by atoms with E-state index in [-0.39, 0.29) is 6.10 Å². The molecule has 0 heterocycles. The van der Waals surface area contributed by atoms with Gasteiger partial charge in [0.25, 0.3) is 0 Å². The summed E-state index contributed by atoms with van der Waals surface area (Å²) < 4.78 is 5.47. The summed E-state index contributed by atoms with van der Waals surface area (Å²) in [6.45, 7) is 5.25. The van der Waals surface area contributed by atoms with Gasteiger partial charge in [-0.25, -0.2) is 4.79 Å². The summed E-state index contributed by atoms with van der Waals surface area (Å²) >= 11 is 0. The fraction of sp³-hybridized carbons (Fsp3) is 0.615. The number of hydrogen-bond acceptors (Lipinski definition) is 3. The van der Waals surface area contributed by atoms with Gasteiger partial charge in [-0.05, 0) is 26.7 Å². The van der Waals surface area contributed by atoms with Gasteiger partial charge in [-0.15, -0.1) is 0 Å². The van der Waals surface area contributed by atoms with Gasteiger partial charge >= 0.3 is 5.97 Å². The number of carboxylic acid groups (broad SMARTS) is 1. The Bertz CT molecular complexity index is 274. The smallest absolute Gasteiger partial charge is 0.328 e. The third kappa shape index (κ3) is 11.1. The first kappa shape index (κ1) is 15.9. The lowest BCUT2D eigenvalue weighted by atomic mass is 10.1. The van der Waals surface area contributed by atoms with Crippen molar-refractivity contribution in [2.45, 2.75) is 51.9 Å². The summed E-state index contributed by atoms with van der Waals surface area (Å²) in [7, 11) is 0. The van der Waals surface area contributed by atoms with E-state index in [4.69, 9.17) is 9.84 Å². The van der Waals surface area contributed by atoms with Crippen LogP contribution >= 0.6 is 0 Å². The van der Waals surface area contributed by atoms with Crippen LogP contribution in [0.5, 0.6) is 0 Å². The van der Waals surface area contributed by atoms with Gasteiger partial charge in [0.2, 0.25) is 0 Å². The van der Waals surface area contributed by atoms with Crippen molar-refractivity contribution in [2.24, 2.45) is 0 Å². The van der Waals surface area contributed by atoms with Crippen molar-refractivity contribution < 1.29 is 19.7 Å². The van der Waals surface area contributed by atoms with Crippen molar-refractivity contribution in [3.63, 3.8) is 0 Å². The van der Waals surface area contributed by atoms with E-state index in [9.17, 15) is 9.90 Å². The lowest BCUT2D eigenvalue weighted by Crippen LogP contribution is -2.29. The minimum atomic E-state index is -1.13.